The van der Waals surface area contributed by atoms with Crippen LogP contribution in [0, 0.1) is 13.8 Å². The fraction of sp³-hybridized carbons (Fsp3) is 0.455. The Hall–Kier alpha value is -1.23. The second-order valence-corrected chi connectivity index (χ2v) is 3.72. The highest BCUT2D eigenvalue weighted by Crippen LogP contribution is 2.37. The van der Waals surface area contributed by atoms with Crippen LogP contribution >= 0.6 is 0 Å². The molecule has 1 rings (SSSR count). The average molecular weight is 233 g/mol. The molecule has 0 aliphatic heterocycles. The molecule has 0 unspecified atom stereocenters. The van der Waals surface area contributed by atoms with Crippen LogP contribution < -0.4 is 10.5 Å². The Morgan fingerprint density at radius 1 is 1.25 bits per heavy atom. The van der Waals surface area contributed by atoms with E-state index in [1.54, 1.807) is 19.9 Å². The molecule has 0 aliphatic rings. The summed E-state index contributed by atoms with van der Waals surface area (Å²) in [6.45, 7) is 3.41. The number of halogens is 3. The van der Waals surface area contributed by atoms with E-state index in [9.17, 15) is 13.2 Å². The Kier molecular flexibility index (Phi) is 3.48. The minimum absolute atomic E-state index is 0.0208. The first-order valence-corrected chi connectivity index (χ1v) is 4.74. The van der Waals surface area contributed by atoms with Gasteiger partial charge in [-0.2, -0.15) is 13.2 Å². The van der Waals surface area contributed by atoms with Crippen LogP contribution in [0.5, 0.6) is 5.75 Å². The summed E-state index contributed by atoms with van der Waals surface area (Å²) in [6, 6.07) is 1.15. The maximum Gasteiger partial charge on any atom is 0.407 e. The van der Waals surface area contributed by atoms with Gasteiger partial charge in [-0.25, -0.2) is 0 Å². The van der Waals surface area contributed by atoms with Gasteiger partial charge in [-0.15, -0.1) is 0 Å². The maximum absolute atomic E-state index is 12.5. The highest BCUT2D eigenvalue weighted by molar-refractivity contribution is 5.45. The molecular weight excluding hydrogens is 219 g/mol. The zero-order valence-electron chi connectivity index (χ0n) is 9.35. The average Bonchev–Trinajstić information content (AvgIpc) is 2.14. The molecule has 2 N–H and O–H groups in total. The Morgan fingerprint density at radius 2 is 1.81 bits per heavy atom. The lowest BCUT2D eigenvalue weighted by Crippen LogP contribution is -2.29. The van der Waals surface area contributed by atoms with E-state index in [1.807, 2.05) is 0 Å². The molecule has 2 nitrogen and oxygen atoms in total. The van der Waals surface area contributed by atoms with E-state index < -0.39 is 12.2 Å². The number of ether oxygens (including phenoxy) is 1. The van der Waals surface area contributed by atoms with Crippen LogP contribution in [0.15, 0.2) is 12.1 Å². The van der Waals surface area contributed by atoms with Crippen molar-refractivity contribution in [3.63, 3.8) is 0 Å². The highest BCUT2D eigenvalue weighted by Gasteiger charge is 2.39. The molecule has 0 aromatic heterocycles. The largest absolute Gasteiger partial charge is 0.496 e. The second-order valence-electron chi connectivity index (χ2n) is 3.72. The van der Waals surface area contributed by atoms with Gasteiger partial charge >= 0.3 is 6.18 Å². The van der Waals surface area contributed by atoms with Gasteiger partial charge in [0.2, 0.25) is 0 Å². The van der Waals surface area contributed by atoms with E-state index in [-0.39, 0.29) is 11.3 Å². The summed E-state index contributed by atoms with van der Waals surface area (Å²) in [4.78, 5) is 0. The molecule has 0 heterocycles. The van der Waals surface area contributed by atoms with E-state index in [0.29, 0.717) is 5.56 Å². The molecule has 0 saturated carbocycles. The first kappa shape index (κ1) is 12.8. The van der Waals surface area contributed by atoms with Gasteiger partial charge in [-0.05, 0) is 19.4 Å². The minimum atomic E-state index is -4.46. The van der Waals surface area contributed by atoms with Gasteiger partial charge in [0, 0.05) is 5.56 Å². The number of nitrogens with two attached hydrogens (primary N) is 1. The molecule has 0 radical (unpaired) electrons. The van der Waals surface area contributed by atoms with Crippen LogP contribution in [0.1, 0.15) is 22.7 Å². The SMILES string of the molecule is COc1c(C)cc(C)cc1[C@@H](N)C(F)(F)F. The lowest BCUT2D eigenvalue weighted by molar-refractivity contribution is -0.149. The van der Waals surface area contributed by atoms with E-state index in [4.69, 9.17) is 10.5 Å². The van der Waals surface area contributed by atoms with Crippen molar-refractivity contribution in [2.75, 3.05) is 7.11 Å². The summed E-state index contributed by atoms with van der Waals surface area (Å²) in [6.07, 6.45) is -4.46. The Labute approximate surface area is 92.2 Å². The normalized spacial score (nSPS) is 13.7. The molecule has 0 bridgehead atoms. The van der Waals surface area contributed by atoms with Crippen LogP contribution in [0.2, 0.25) is 0 Å². The fourth-order valence-electron chi connectivity index (χ4n) is 1.67. The van der Waals surface area contributed by atoms with Crippen LogP contribution in [-0.2, 0) is 0 Å². The highest BCUT2D eigenvalue weighted by atomic mass is 19.4. The van der Waals surface area contributed by atoms with Gasteiger partial charge in [0.15, 0.2) is 0 Å². The number of hydrogen-bond donors (Lipinski definition) is 1. The molecule has 0 aliphatic carbocycles. The lowest BCUT2D eigenvalue weighted by Gasteiger charge is -2.20. The van der Waals surface area contributed by atoms with Crippen molar-refractivity contribution < 1.29 is 17.9 Å². The van der Waals surface area contributed by atoms with Crippen LogP contribution in [0.3, 0.4) is 0 Å². The smallest absolute Gasteiger partial charge is 0.407 e. The van der Waals surface area contributed by atoms with Crippen molar-refractivity contribution in [3.8, 4) is 5.75 Å². The second kappa shape index (κ2) is 4.33. The van der Waals surface area contributed by atoms with Crippen LogP contribution in [0.25, 0.3) is 0 Å². The molecule has 1 aromatic rings. The van der Waals surface area contributed by atoms with Crippen molar-refractivity contribution in [2.45, 2.75) is 26.1 Å². The summed E-state index contributed by atoms with van der Waals surface area (Å²) >= 11 is 0. The van der Waals surface area contributed by atoms with E-state index in [2.05, 4.69) is 0 Å². The summed E-state index contributed by atoms with van der Waals surface area (Å²) in [5.41, 5.74) is 6.54. The van der Waals surface area contributed by atoms with Gasteiger partial charge in [-0.3, -0.25) is 0 Å². The zero-order valence-corrected chi connectivity index (χ0v) is 9.35. The van der Waals surface area contributed by atoms with Crippen LogP contribution in [-0.4, -0.2) is 13.3 Å². The fourth-order valence-corrected chi connectivity index (χ4v) is 1.67. The molecule has 0 fully saturated rings. The number of benzene rings is 1. The van der Waals surface area contributed by atoms with Gasteiger partial charge in [0.1, 0.15) is 11.8 Å². The lowest BCUT2D eigenvalue weighted by atomic mass is 10.00. The molecule has 0 spiro atoms. The molecule has 1 atom stereocenters. The number of alkyl halides is 3. The van der Waals surface area contributed by atoms with Crippen molar-refractivity contribution in [2.24, 2.45) is 5.73 Å². The van der Waals surface area contributed by atoms with E-state index >= 15 is 0 Å². The standard InChI is InChI=1S/C11H14F3NO/c1-6-4-7(2)9(16-3)8(5-6)10(15)11(12,13)14/h4-5,10H,15H2,1-3H3/t10-/m1/s1. The predicted octanol–water partition coefficient (Wildman–Crippen LogP) is 2.87. The summed E-state index contributed by atoms with van der Waals surface area (Å²) in [7, 11) is 1.34. The van der Waals surface area contributed by atoms with Crippen LogP contribution in [0.4, 0.5) is 13.2 Å². The first-order valence-electron chi connectivity index (χ1n) is 4.74. The summed E-state index contributed by atoms with van der Waals surface area (Å²) < 4.78 is 42.6. The van der Waals surface area contributed by atoms with Gasteiger partial charge < -0.3 is 10.5 Å². The minimum Gasteiger partial charge on any atom is -0.496 e. The maximum atomic E-state index is 12.5. The first-order chi connectivity index (χ1) is 7.27. The van der Waals surface area contributed by atoms with E-state index in [1.165, 1.54) is 13.2 Å². The van der Waals surface area contributed by atoms with E-state index in [0.717, 1.165) is 5.56 Å². The van der Waals surface area contributed by atoms with Gasteiger partial charge in [0.05, 0.1) is 7.11 Å². The molecule has 0 amide bonds. The third-order valence-corrected chi connectivity index (χ3v) is 2.34. The van der Waals surface area contributed by atoms with Crippen molar-refractivity contribution >= 4 is 0 Å². The molecular formula is C11H14F3NO. The predicted molar refractivity (Wildman–Crippen MR) is 55.5 cm³/mol. The quantitative estimate of drug-likeness (QED) is 0.852. The van der Waals surface area contributed by atoms with Gasteiger partial charge in [0.25, 0.3) is 0 Å². The van der Waals surface area contributed by atoms with Gasteiger partial charge in [-0.1, -0.05) is 17.7 Å². The Morgan fingerprint density at radius 3 is 2.25 bits per heavy atom. The number of methoxy groups -OCH3 is 1. The topological polar surface area (TPSA) is 35.2 Å². The molecule has 1 aromatic carbocycles. The van der Waals surface area contributed by atoms with Crippen molar-refractivity contribution in [1.82, 2.24) is 0 Å². The summed E-state index contributed by atoms with van der Waals surface area (Å²) in [5, 5.41) is 0. The molecule has 0 saturated heterocycles. The monoisotopic (exact) mass is 233 g/mol. The van der Waals surface area contributed by atoms with Crippen molar-refractivity contribution in [3.05, 3.63) is 28.8 Å². The Bertz CT molecular complexity index is 388. The molecule has 16 heavy (non-hydrogen) atoms. The number of rotatable bonds is 2. The number of hydrogen-bond acceptors (Lipinski definition) is 2. The summed E-state index contributed by atoms with van der Waals surface area (Å²) in [5.74, 6) is 0.204. The third-order valence-electron chi connectivity index (χ3n) is 2.34. The Balaban J connectivity index is 3.31. The number of aryl methyl sites for hydroxylation is 2. The zero-order chi connectivity index (χ0) is 12.5. The third kappa shape index (κ3) is 2.47. The molecule has 5 heteroatoms. The molecule has 90 valence electrons. The van der Waals surface area contributed by atoms with Crippen molar-refractivity contribution in [1.29, 1.82) is 0 Å².